The molecule has 2 heterocycles. The van der Waals surface area contributed by atoms with Gasteiger partial charge in [0.05, 0.1) is 18.8 Å². The molecule has 2 aromatic rings. The molecule has 170 valence electrons. The SMILES string of the molecule is CCOC(=O)c1cnc(C(F)(F)F)nc1.CCOC(=O)c1cnc(C(F)(F)F)nc1Cl. The van der Waals surface area contributed by atoms with Crippen molar-refractivity contribution in [1.29, 1.82) is 0 Å². The van der Waals surface area contributed by atoms with Gasteiger partial charge in [0.1, 0.15) is 10.7 Å². The Balaban J connectivity index is 0.000000311. The van der Waals surface area contributed by atoms with Crippen LogP contribution < -0.4 is 0 Å². The number of nitrogens with zero attached hydrogens (tertiary/aromatic N) is 4. The first-order valence-electron chi connectivity index (χ1n) is 8.14. The van der Waals surface area contributed by atoms with Crippen molar-refractivity contribution in [2.24, 2.45) is 0 Å². The summed E-state index contributed by atoms with van der Waals surface area (Å²) in [6.45, 7) is 3.36. The zero-order valence-electron chi connectivity index (χ0n) is 15.7. The molecular weight excluding hydrogens is 462 g/mol. The molecule has 0 amide bonds. The molecule has 0 aliphatic heterocycles. The van der Waals surface area contributed by atoms with Crippen LogP contribution in [0, 0.1) is 0 Å². The van der Waals surface area contributed by atoms with Gasteiger partial charge in [-0.05, 0) is 13.8 Å². The molecule has 0 bridgehead atoms. The van der Waals surface area contributed by atoms with Crippen molar-refractivity contribution in [3.05, 3.63) is 46.5 Å². The molecule has 31 heavy (non-hydrogen) atoms. The Kier molecular flexibility index (Phi) is 9.09. The van der Waals surface area contributed by atoms with Gasteiger partial charge in [-0.15, -0.1) is 0 Å². The normalized spacial score (nSPS) is 11.3. The minimum atomic E-state index is -4.70. The van der Waals surface area contributed by atoms with Crippen LogP contribution in [-0.2, 0) is 21.8 Å². The van der Waals surface area contributed by atoms with Gasteiger partial charge < -0.3 is 9.47 Å². The second-order valence-electron chi connectivity index (χ2n) is 5.13. The monoisotopic (exact) mass is 474 g/mol. The largest absolute Gasteiger partial charge is 0.462 e. The lowest BCUT2D eigenvalue weighted by molar-refractivity contribution is -0.145. The number of ether oxygens (including phenoxy) is 2. The van der Waals surface area contributed by atoms with Gasteiger partial charge in [0, 0.05) is 18.6 Å². The first-order valence-corrected chi connectivity index (χ1v) is 8.52. The molecule has 0 aliphatic rings. The summed E-state index contributed by atoms with van der Waals surface area (Å²) in [5.41, 5.74) is -0.402. The second kappa shape index (κ2) is 10.8. The van der Waals surface area contributed by atoms with Gasteiger partial charge in [0.2, 0.25) is 11.6 Å². The Bertz CT molecular complexity index is 906. The molecule has 2 aromatic heterocycles. The molecule has 0 fully saturated rings. The number of aromatic nitrogens is 4. The van der Waals surface area contributed by atoms with Crippen LogP contribution in [0.1, 0.15) is 46.2 Å². The highest BCUT2D eigenvalue weighted by Gasteiger charge is 2.36. The minimum absolute atomic E-state index is 0.0795. The van der Waals surface area contributed by atoms with E-state index in [1.807, 2.05) is 0 Å². The minimum Gasteiger partial charge on any atom is -0.462 e. The fourth-order valence-electron chi connectivity index (χ4n) is 1.64. The Morgan fingerprint density at radius 3 is 1.71 bits per heavy atom. The molecule has 8 nitrogen and oxygen atoms in total. The molecule has 0 aliphatic carbocycles. The van der Waals surface area contributed by atoms with Gasteiger partial charge in [-0.1, -0.05) is 11.6 Å². The van der Waals surface area contributed by atoms with Crippen molar-refractivity contribution in [2.45, 2.75) is 26.2 Å². The smallest absolute Gasteiger partial charge is 0.451 e. The number of hydrogen-bond acceptors (Lipinski definition) is 8. The van der Waals surface area contributed by atoms with Crippen molar-refractivity contribution in [3.8, 4) is 0 Å². The summed E-state index contributed by atoms with van der Waals surface area (Å²) < 4.78 is 81.6. The van der Waals surface area contributed by atoms with Gasteiger partial charge in [-0.2, -0.15) is 26.3 Å². The number of hydrogen-bond donors (Lipinski definition) is 0. The van der Waals surface area contributed by atoms with E-state index in [2.05, 4.69) is 29.4 Å². The van der Waals surface area contributed by atoms with Crippen molar-refractivity contribution in [2.75, 3.05) is 13.2 Å². The molecule has 2 rings (SSSR count). The number of carbonyl (C=O) groups excluding carboxylic acids is 2. The molecule has 0 radical (unpaired) electrons. The number of carbonyl (C=O) groups is 2. The summed E-state index contributed by atoms with van der Waals surface area (Å²) in [6, 6.07) is 0. The summed E-state index contributed by atoms with van der Waals surface area (Å²) in [4.78, 5) is 34.2. The number of halogens is 7. The Hall–Kier alpha value is -3.03. The third-order valence-corrected chi connectivity index (χ3v) is 3.20. The van der Waals surface area contributed by atoms with Crippen LogP contribution in [0.3, 0.4) is 0 Å². The Labute approximate surface area is 175 Å². The van der Waals surface area contributed by atoms with E-state index in [4.69, 9.17) is 11.6 Å². The molecule has 15 heteroatoms. The van der Waals surface area contributed by atoms with Crippen LogP contribution in [0.2, 0.25) is 5.15 Å². The van der Waals surface area contributed by atoms with Crippen LogP contribution in [0.4, 0.5) is 26.3 Å². The fraction of sp³-hybridized carbons (Fsp3) is 0.375. The Morgan fingerprint density at radius 2 is 1.29 bits per heavy atom. The molecule has 0 atom stereocenters. The summed E-state index contributed by atoms with van der Waals surface area (Å²) in [5, 5.41) is -0.583. The molecule has 0 N–H and O–H groups in total. The maximum Gasteiger partial charge on any atom is 0.451 e. The number of alkyl halides is 6. The lowest BCUT2D eigenvalue weighted by Crippen LogP contribution is -2.14. The maximum absolute atomic E-state index is 12.1. The van der Waals surface area contributed by atoms with E-state index in [1.165, 1.54) is 0 Å². The van der Waals surface area contributed by atoms with Crippen LogP contribution in [0.5, 0.6) is 0 Å². The van der Waals surface area contributed by atoms with Crippen LogP contribution in [0.15, 0.2) is 18.6 Å². The van der Waals surface area contributed by atoms with E-state index in [0.717, 1.165) is 12.4 Å². The second-order valence-corrected chi connectivity index (χ2v) is 5.49. The summed E-state index contributed by atoms with van der Waals surface area (Å²) in [5.74, 6) is -4.28. The average molecular weight is 475 g/mol. The predicted octanol–water partition coefficient (Wildman–Crippen LogP) is 4.00. The highest BCUT2D eigenvalue weighted by molar-refractivity contribution is 6.32. The lowest BCUT2D eigenvalue weighted by atomic mass is 10.3. The molecule has 0 saturated carbocycles. The van der Waals surface area contributed by atoms with Crippen molar-refractivity contribution in [3.63, 3.8) is 0 Å². The highest BCUT2D eigenvalue weighted by Crippen LogP contribution is 2.27. The van der Waals surface area contributed by atoms with Crippen LogP contribution >= 0.6 is 11.6 Å². The average Bonchev–Trinajstić information content (AvgIpc) is 2.67. The van der Waals surface area contributed by atoms with Crippen LogP contribution in [-0.4, -0.2) is 45.1 Å². The van der Waals surface area contributed by atoms with Gasteiger partial charge in [-0.3, -0.25) is 0 Å². The van der Waals surface area contributed by atoms with Crippen LogP contribution in [0.25, 0.3) is 0 Å². The Morgan fingerprint density at radius 1 is 0.839 bits per heavy atom. The van der Waals surface area contributed by atoms with Gasteiger partial charge >= 0.3 is 24.3 Å². The first kappa shape index (κ1) is 26.0. The highest BCUT2D eigenvalue weighted by atomic mass is 35.5. The van der Waals surface area contributed by atoms with E-state index in [-0.39, 0.29) is 24.3 Å². The van der Waals surface area contributed by atoms with Crippen molar-refractivity contribution in [1.82, 2.24) is 19.9 Å². The first-order chi connectivity index (χ1) is 14.3. The van der Waals surface area contributed by atoms with E-state index in [1.54, 1.807) is 13.8 Å². The third kappa shape index (κ3) is 7.96. The zero-order valence-corrected chi connectivity index (χ0v) is 16.5. The molecule has 0 saturated heterocycles. The summed E-state index contributed by atoms with van der Waals surface area (Å²) in [6.07, 6.45) is -7.04. The fourth-order valence-corrected chi connectivity index (χ4v) is 1.84. The number of esters is 2. The van der Waals surface area contributed by atoms with E-state index in [9.17, 15) is 35.9 Å². The maximum atomic E-state index is 12.1. The standard InChI is InChI=1S/C8H6ClF3N2O2.C8H7F3N2O2/c1-2-16-6(15)4-3-13-7(8(10,11)12)14-5(4)9;1-2-15-6(14)5-3-12-7(13-4-5)8(9,10)11/h3H,2H2,1H3;3-4H,2H2,1H3. The van der Waals surface area contributed by atoms with Gasteiger partial charge in [-0.25, -0.2) is 29.5 Å². The van der Waals surface area contributed by atoms with E-state index < -0.39 is 41.1 Å². The van der Waals surface area contributed by atoms with Crippen molar-refractivity contribution >= 4 is 23.5 Å². The van der Waals surface area contributed by atoms with Gasteiger partial charge in [0.15, 0.2) is 0 Å². The van der Waals surface area contributed by atoms with Gasteiger partial charge in [0.25, 0.3) is 0 Å². The third-order valence-electron chi connectivity index (χ3n) is 2.91. The molecular formula is C16H13ClF6N4O4. The lowest BCUT2D eigenvalue weighted by Gasteiger charge is -2.07. The predicted molar refractivity (Wildman–Crippen MR) is 91.0 cm³/mol. The summed E-state index contributed by atoms with van der Waals surface area (Å²) in [7, 11) is 0. The van der Waals surface area contributed by atoms with Crippen molar-refractivity contribution < 1.29 is 45.4 Å². The molecule has 0 unspecified atom stereocenters. The molecule has 0 spiro atoms. The summed E-state index contributed by atoms with van der Waals surface area (Å²) >= 11 is 5.41. The zero-order chi connectivity index (χ0) is 23.8. The van der Waals surface area contributed by atoms with E-state index >= 15 is 0 Å². The number of rotatable bonds is 4. The van der Waals surface area contributed by atoms with E-state index in [0.29, 0.717) is 6.20 Å². The quantitative estimate of drug-likeness (QED) is 0.372. The topological polar surface area (TPSA) is 104 Å². The molecule has 0 aromatic carbocycles.